The molecular weight excluding hydrogens is 379 g/mol. The number of aromatic nitrogens is 1. The molecule has 2 aromatic carbocycles. The minimum Gasteiger partial charge on any atom is -0.486 e. The summed E-state index contributed by atoms with van der Waals surface area (Å²) in [6.07, 6.45) is 1.54. The summed E-state index contributed by atoms with van der Waals surface area (Å²) < 4.78 is 37.4. The van der Waals surface area contributed by atoms with E-state index in [2.05, 4.69) is 4.98 Å². The van der Waals surface area contributed by atoms with Gasteiger partial charge in [0, 0.05) is 24.0 Å². The molecule has 0 saturated carbocycles. The molecule has 0 fully saturated rings. The first kappa shape index (κ1) is 19.1. The Kier molecular flexibility index (Phi) is 4.79. The minimum absolute atomic E-state index is 0.0273. The molecule has 2 heterocycles. The maximum atomic E-state index is 14.2. The molecule has 0 aliphatic carbocycles. The third-order valence-corrected chi connectivity index (χ3v) is 4.20. The molecule has 0 saturated heterocycles. The Hall–Kier alpha value is -3.26. The van der Waals surface area contributed by atoms with Gasteiger partial charge >= 0.3 is 0 Å². The van der Waals surface area contributed by atoms with E-state index in [-0.39, 0.29) is 12.4 Å². The number of benzene rings is 2. The van der Waals surface area contributed by atoms with Crippen molar-refractivity contribution in [2.24, 2.45) is 0 Å². The van der Waals surface area contributed by atoms with Crippen molar-refractivity contribution in [1.29, 1.82) is 0 Å². The number of nitrogen functional groups attached to an aromatic ring is 1. The summed E-state index contributed by atoms with van der Waals surface area (Å²) in [5, 5.41) is 10.5. The summed E-state index contributed by atoms with van der Waals surface area (Å²) in [6.45, 7) is 4.02. The van der Waals surface area contributed by atoms with Gasteiger partial charge in [-0.2, -0.15) is 0 Å². The Morgan fingerprint density at radius 3 is 2.59 bits per heavy atom. The predicted molar refractivity (Wildman–Crippen MR) is 105 cm³/mol. The zero-order chi connectivity index (χ0) is 20.6. The number of fused-ring (bicyclic) bond motifs is 3. The van der Waals surface area contributed by atoms with Gasteiger partial charge in [-0.1, -0.05) is 0 Å². The molecule has 152 valence electrons. The summed E-state index contributed by atoms with van der Waals surface area (Å²) in [4.78, 5) is 4.36. The lowest BCUT2D eigenvalue weighted by Gasteiger charge is -2.25. The lowest BCUT2D eigenvalue weighted by molar-refractivity contribution is 0.0266. The molecular formula is C21H21FN2O5. The van der Waals surface area contributed by atoms with Crippen LogP contribution in [0.5, 0.6) is 28.7 Å². The van der Waals surface area contributed by atoms with Gasteiger partial charge in [0.15, 0.2) is 23.1 Å². The number of anilines is 1. The fraction of sp³-hybridized carbons (Fsp3) is 0.286. The van der Waals surface area contributed by atoms with Crippen LogP contribution in [0.4, 0.5) is 10.1 Å². The number of aliphatic hydroxyl groups is 1. The first-order valence-electron chi connectivity index (χ1n) is 9.11. The van der Waals surface area contributed by atoms with Crippen molar-refractivity contribution in [2.45, 2.75) is 19.4 Å². The van der Waals surface area contributed by atoms with Crippen LogP contribution >= 0.6 is 0 Å². The molecule has 3 aromatic rings. The van der Waals surface area contributed by atoms with Crippen LogP contribution in [0.3, 0.4) is 0 Å². The quantitative estimate of drug-likeness (QED) is 0.631. The lowest BCUT2D eigenvalue weighted by atomic mass is 10.1. The predicted octanol–water partition coefficient (Wildman–Crippen LogP) is 3.67. The summed E-state index contributed by atoms with van der Waals surface area (Å²) in [7, 11) is 0. The molecule has 3 N–H and O–H groups in total. The number of pyridine rings is 1. The Labute approximate surface area is 166 Å². The second-order valence-electron chi connectivity index (χ2n) is 7.33. The van der Waals surface area contributed by atoms with E-state index in [4.69, 9.17) is 24.7 Å². The molecule has 0 amide bonds. The fourth-order valence-electron chi connectivity index (χ4n) is 2.94. The number of ether oxygens (including phenoxy) is 4. The highest BCUT2D eigenvalue weighted by Gasteiger charge is 2.26. The zero-order valence-electron chi connectivity index (χ0n) is 16.1. The van der Waals surface area contributed by atoms with Crippen LogP contribution in [0.2, 0.25) is 0 Å². The first-order valence-corrected chi connectivity index (χ1v) is 9.11. The highest BCUT2D eigenvalue weighted by molar-refractivity contribution is 5.95. The van der Waals surface area contributed by atoms with Crippen LogP contribution in [-0.2, 0) is 0 Å². The van der Waals surface area contributed by atoms with E-state index in [1.807, 2.05) is 0 Å². The van der Waals surface area contributed by atoms with E-state index in [1.54, 1.807) is 38.2 Å². The Morgan fingerprint density at radius 2 is 1.86 bits per heavy atom. The molecule has 7 nitrogen and oxygen atoms in total. The van der Waals surface area contributed by atoms with E-state index in [0.29, 0.717) is 52.8 Å². The average molecular weight is 400 g/mol. The van der Waals surface area contributed by atoms with Crippen LogP contribution in [0.1, 0.15) is 13.8 Å². The number of rotatable bonds is 5. The molecule has 4 rings (SSSR count). The molecule has 0 bridgehead atoms. The number of halogens is 1. The van der Waals surface area contributed by atoms with Gasteiger partial charge in [0.1, 0.15) is 25.6 Å². The third-order valence-electron chi connectivity index (χ3n) is 4.20. The molecule has 1 aliphatic heterocycles. The van der Waals surface area contributed by atoms with Gasteiger partial charge in [-0.15, -0.1) is 0 Å². The van der Waals surface area contributed by atoms with Crippen molar-refractivity contribution in [3.63, 3.8) is 0 Å². The van der Waals surface area contributed by atoms with Gasteiger partial charge < -0.3 is 29.8 Å². The van der Waals surface area contributed by atoms with E-state index < -0.39 is 11.4 Å². The van der Waals surface area contributed by atoms with E-state index >= 15 is 0 Å². The van der Waals surface area contributed by atoms with Crippen LogP contribution in [0.25, 0.3) is 10.9 Å². The van der Waals surface area contributed by atoms with E-state index in [0.717, 1.165) is 0 Å². The highest BCUT2D eigenvalue weighted by atomic mass is 19.1. The van der Waals surface area contributed by atoms with Gasteiger partial charge in [0.25, 0.3) is 0 Å². The Morgan fingerprint density at radius 1 is 1.10 bits per heavy atom. The van der Waals surface area contributed by atoms with Gasteiger partial charge in [0.05, 0.1) is 16.5 Å². The number of hydrogen-bond donors (Lipinski definition) is 2. The van der Waals surface area contributed by atoms with Crippen molar-refractivity contribution in [2.75, 3.05) is 25.6 Å². The van der Waals surface area contributed by atoms with Crippen LogP contribution in [0.15, 0.2) is 36.5 Å². The monoisotopic (exact) mass is 400 g/mol. The van der Waals surface area contributed by atoms with Crippen LogP contribution in [-0.4, -0.2) is 35.5 Å². The van der Waals surface area contributed by atoms with Crippen molar-refractivity contribution < 1.29 is 28.4 Å². The normalized spacial score (nSPS) is 13.4. The van der Waals surface area contributed by atoms with Crippen molar-refractivity contribution in [1.82, 2.24) is 4.98 Å². The topological polar surface area (TPSA) is 96.1 Å². The molecule has 0 radical (unpaired) electrons. The number of nitrogens with two attached hydrogens (primary N) is 1. The molecule has 0 unspecified atom stereocenters. The summed E-state index contributed by atoms with van der Waals surface area (Å²) in [5.41, 5.74) is 5.40. The largest absolute Gasteiger partial charge is 0.486 e. The average Bonchev–Trinajstić information content (AvgIpc) is 2.67. The third kappa shape index (κ3) is 3.97. The smallest absolute Gasteiger partial charge is 0.204 e. The van der Waals surface area contributed by atoms with Crippen molar-refractivity contribution >= 4 is 16.6 Å². The molecule has 0 spiro atoms. The second-order valence-corrected chi connectivity index (χ2v) is 7.33. The lowest BCUT2D eigenvalue weighted by Crippen LogP contribution is -2.28. The van der Waals surface area contributed by atoms with Crippen molar-refractivity contribution in [3.05, 3.63) is 42.3 Å². The SMILES string of the molecule is CC(C)(O)COc1cc2nccc(Oc3ccc(N)cc3F)c2c2c1OCCO2. The Bertz CT molecular complexity index is 1070. The molecule has 29 heavy (non-hydrogen) atoms. The Balaban J connectivity index is 1.81. The molecule has 1 aliphatic rings. The second kappa shape index (κ2) is 7.29. The fourth-order valence-corrected chi connectivity index (χ4v) is 2.94. The van der Waals surface area contributed by atoms with Crippen molar-refractivity contribution in [3.8, 4) is 28.7 Å². The zero-order valence-corrected chi connectivity index (χ0v) is 16.1. The standard InChI is InChI=1S/C21H21FN2O5/c1-21(2,25)11-28-17-10-14-18(20-19(17)26-7-8-27-20)16(5-6-24-14)29-15-4-3-12(23)9-13(15)22/h3-6,9-10,25H,7-8,11,23H2,1-2H3. The number of nitrogens with zero attached hydrogens (tertiary/aromatic N) is 1. The maximum absolute atomic E-state index is 14.2. The molecule has 1 aromatic heterocycles. The van der Waals surface area contributed by atoms with E-state index in [9.17, 15) is 9.50 Å². The maximum Gasteiger partial charge on any atom is 0.204 e. The first-order chi connectivity index (χ1) is 13.8. The molecule has 0 atom stereocenters. The molecule has 8 heteroatoms. The van der Waals surface area contributed by atoms with Gasteiger partial charge in [-0.3, -0.25) is 4.98 Å². The van der Waals surface area contributed by atoms with E-state index in [1.165, 1.54) is 12.1 Å². The summed E-state index contributed by atoms with van der Waals surface area (Å²) >= 11 is 0. The van der Waals surface area contributed by atoms with Gasteiger partial charge in [-0.05, 0) is 32.0 Å². The minimum atomic E-state index is -1.03. The van der Waals surface area contributed by atoms with Crippen LogP contribution in [0, 0.1) is 5.82 Å². The highest BCUT2D eigenvalue weighted by Crippen LogP contribution is 2.48. The van der Waals surface area contributed by atoms with Crippen LogP contribution < -0.4 is 24.7 Å². The van der Waals surface area contributed by atoms with Gasteiger partial charge in [-0.25, -0.2) is 4.39 Å². The number of hydrogen-bond acceptors (Lipinski definition) is 7. The summed E-state index contributed by atoms with van der Waals surface area (Å²) in [5.74, 6) is 1.000. The summed E-state index contributed by atoms with van der Waals surface area (Å²) in [6, 6.07) is 7.51. The van der Waals surface area contributed by atoms with Gasteiger partial charge in [0.2, 0.25) is 5.75 Å².